The van der Waals surface area contributed by atoms with Crippen molar-refractivity contribution in [3.8, 4) is 0 Å². The molecule has 0 aliphatic rings. The van der Waals surface area contributed by atoms with Crippen molar-refractivity contribution in [2.24, 2.45) is 0 Å². The van der Waals surface area contributed by atoms with Crippen molar-refractivity contribution < 1.29 is 8.85 Å². The third-order valence-electron chi connectivity index (χ3n) is 3.46. The minimum atomic E-state index is -1.46. The molecule has 3 nitrogen and oxygen atoms in total. The summed E-state index contributed by atoms with van der Waals surface area (Å²) in [6.45, 7) is 15.0. The second-order valence-corrected chi connectivity index (χ2v) is 7.17. The standard InChI is InChI=1S/C15H35NO2Si/c1-6-10-12-16(13-11-7-2)15(5)14-19(17-8-3)18-9-4/h15,19H,6-14H2,1-5H3. The third-order valence-corrected chi connectivity index (χ3v) is 5.94. The van der Waals surface area contributed by atoms with Crippen molar-refractivity contribution in [1.29, 1.82) is 0 Å². The molecule has 0 rings (SSSR count). The molecule has 19 heavy (non-hydrogen) atoms. The first-order valence-corrected chi connectivity index (χ1v) is 9.92. The second kappa shape index (κ2) is 13.1. The average Bonchev–Trinajstić information content (AvgIpc) is 2.39. The van der Waals surface area contributed by atoms with Gasteiger partial charge in [-0.05, 0) is 46.7 Å². The van der Waals surface area contributed by atoms with E-state index in [2.05, 4.69) is 39.5 Å². The molecule has 0 aromatic heterocycles. The van der Waals surface area contributed by atoms with Crippen LogP contribution in [0.5, 0.6) is 0 Å². The Kier molecular flexibility index (Phi) is 13.2. The van der Waals surface area contributed by atoms with Gasteiger partial charge in [0, 0.05) is 25.3 Å². The van der Waals surface area contributed by atoms with E-state index in [1.807, 2.05) is 0 Å². The highest BCUT2D eigenvalue weighted by atomic mass is 28.3. The van der Waals surface area contributed by atoms with Crippen LogP contribution < -0.4 is 0 Å². The summed E-state index contributed by atoms with van der Waals surface area (Å²) in [6, 6.07) is 1.70. The molecule has 0 aromatic rings. The van der Waals surface area contributed by atoms with Crippen LogP contribution in [0.3, 0.4) is 0 Å². The maximum absolute atomic E-state index is 5.80. The largest absolute Gasteiger partial charge is 0.397 e. The molecule has 116 valence electrons. The van der Waals surface area contributed by atoms with Crippen LogP contribution in [0.15, 0.2) is 0 Å². The molecule has 0 aliphatic carbocycles. The van der Waals surface area contributed by atoms with Gasteiger partial charge in [0.2, 0.25) is 0 Å². The summed E-state index contributed by atoms with van der Waals surface area (Å²) in [6.07, 6.45) is 5.13. The zero-order chi connectivity index (χ0) is 14.5. The van der Waals surface area contributed by atoms with Crippen LogP contribution in [-0.2, 0) is 8.85 Å². The smallest absolute Gasteiger partial charge is 0.322 e. The molecule has 1 atom stereocenters. The fraction of sp³-hybridized carbons (Fsp3) is 1.00. The molecule has 0 aliphatic heterocycles. The van der Waals surface area contributed by atoms with Crippen molar-refractivity contribution in [3.63, 3.8) is 0 Å². The molecule has 0 aromatic carbocycles. The molecule has 4 heteroatoms. The molecule has 0 spiro atoms. The Balaban J connectivity index is 4.26. The molecule has 0 heterocycles. The van der Waals surface area contributed by atoms with E-state index in [9.17, 15) is 0 Å². The lowest BCUT2D eigenvalue weighted by atomic mass is 10.2. The van der Waals surface area contributed by atoms with Gasteiger partial charge in [0.1, 0.15) is 0 Å². The molecule has 0 amide bonds. The topological polar surface area (TPSA) is 21.7 Å². The van der Waals surface area contributed by atoms with Crippen LogP contribution >= 0.6 is 0 Å². The van der Waals surface area contributed by atoms with Gasteiger partial charge in [-0.15, -0.1) is 0 Å². The summed E-state index contributed by atoms with van der Waals surface area (Å²) in [7, 11) is -1.46. The minimum Gasteiger partial charge on any atom is -0.397 e. The summed E-state index contributed by atoms with van der Waals surface area (Å²) >= 11 is 0. The lowest BCUT2D eigenvalue weighted by molar-refractivity contribution is 0.178. The zero-order valence-electron chi connectivity index (χ0n) is 13.8. The van der Waals surface area contributed by atoms with E-state index in [1.165, 1.54) is 38.8 Å². The van der Waals surface area contributed by atoms with E-state index >= 15 is 0 Å². The summed E-state index contributed by atoms with van der Waals surface area (Å²) in [5.41, 5.74) is 0. The normalized spacial score (nSPS) is 13.4. The maximum atomic E-state index is 5.80. The number of hydrogen-bond acceptors (Lipinski definition) is 3. The molecular formula is C15H35NO2Si. The van der Waals surface area contributed by atoms with Crippen LogP contribution in [0.2, 0.25) is 6.04 Å². The van der Waals surface area contributed by atoms with Crippen molar-refractivity contribution in [3.05, 3.63) is 0 Å². The highest BCUT2D eigenvalue weighted by Gasteiger charge is 2.21. The predicted molar refractivity (Wildman–Crippen MR) is 86.1 cm³/mol. The van der Waals surface area contributed by atoms with Gasteiger partial charge in [0.25, 0.3) is 0 Å². The van der Waals surface area contributed by atoms with E-state index in [-0.39, 0.29) is 0 Å². The first kappa shape index (κ1) is 19.1. The zero-order valence-corrected chi connectivity index (χ0v) is 14.9. The molecular weight excluding hydrogens is 254 g/mol. The fourth-order valence-corrected chi connectivity index (χ4v) is 4.23. The van der Waals surface area contributed by atoms with Gasteiger partial charge < -0.3 is 13.8 Å². The van der Waals surface area contributed by atoms with Gasteiger partial charge >= 0.3 is 9.28 Å². The van der Waals surface area contributed by atoms with Gasteiger partial charge in [-0.3, -0.25) is 0 Å². The molecule has 0 N–H and O–H groups in total. The lowest BCUT2D eigenvalue weighted by Gasteiger charge is -2.30. The monoisotopic (exact) mass is 289 g/mol. The van der Waals surface area contributed by atoms with Crippen LogP contribution in [0.4, 0.5) is 0 Å². The summed E-state index contributed by atoms with van der Waals surface area (Å²) in [5.74, 6) is 0. The number of rotatable bonds is 13. The molecule has 1 unspecified atom stereocenters. The SMILES string of the molecule is CCCCN(CCCC)C(C)C[SiH](OCC)OCC. The number of unbranched alkanes of at least 4 members (excludes halogenated alkanes) is 2. The highest BCUT2D eigenvalue weighted by molar-refractivity contribution is 6.44. The summed E-state index contributed by atoms with van der Waals surface area (Å²) in [4.78, 5) is 2.63. The van der Waals surface area contributed by atoms with E-state index in [0.29, 0.717) is 6.04 Å². The summed E-state index contributed by atoms with van der Waals surface area (Å²) in [5, 5.41) is 0. The lowest BCUT2D eigenvalue weighted by Crippen LogP contribution is -2.39. The van der Waals surface area contributed by atoms with Gasteiger partial charge in [-0.2, -0.15) is 0 Å². The maximum Gasteiger partial charge on any atom is 0.322 e. The van der Waals surface area contributed by atoms with Gasteiger partial charge in [0.15, 0.2) is 0 Å². The Hall–Kier alpha value is 0.0969. The first-order chi connectivity index (χ1) is 9.19. The second-order valence-electron chi connectivity index (χ2n) is 5.17. The molecule has 0 saturated heterocycles. The van der Waals surface area contributed by atoms with E-state index in [4.69, 9.17) is 8.85 Å². The first-order valence-electron chi connectivity index (χ1n) is 8.16. The summed E-state index contributed by atoms with van der Waals surface area (Å²) < 4.78 is 11.6. The van der Waals surface area contributed by atoms with Crippen molar-refractivity contribution in [1.82, 2.24) is 4.90 Å². The van der Waals surface area contributed by atoms with Crippen molar-refractivity contribution in [2.75, 3.05) is 26.3 Å². The third kappa shape index (κ3) is 9.60. The average molecular weight is 290 g/mol. The van der Waals surface area contributed by atoms with Crippen molar-refractivity contribution >= 4 is 9.28 Å². The Bertz CT molecular complexity index is 179. The minimum absolute atomic E-state index is 0.591. The highest BCUT2D eigenvalue weighted by Crippen LogP contribution is 2.12. The van der Waals surface area contributed by atoms with Crippen LogP contribution in [0, 0.1) is 0 Å². The fourth-order valence-electron chi connectivity index (χ4n) is 2.26. The van der Waals surface area contributed by atoms with Gasteiger partial charge in [-0.1, -0.05) is 26.7 Å². The Morgan fingerprint density at radius 3 is 1.74 bits per heavy atom. The Morgan fingerprint density at radius 2 is 1.37 bits per heavy atom. The molecule has 0 bridgehead atoms. The van der Waals surface area contributed by atoms with Gasteiger partial charge in [0.05, 0.1) is 0 Å². The van der Waals surface area contributed by atoms with Crippen LogP contribution in [-0.4, -0.2) is 46.5 Å². The van der Waals surface area contributed by atoms with Crippen LogP contribution in [0.25, 0.3) is 0 Å². The molecule has 0 fully saturated rings. The molecule has 0 radical (unpaired) electrons. The van der Waals surface area contributed by atoms with Crippen LogP contribution in [0.1, 0.15) is 60.3 Å². The Morgan fingerprint density at radius 1 is 0.895 bits per heavy atom. The van der Waals surface area contributed by atoms with E-state index in [0.717, 1.165) is 19.3 Å². The molecule has 0 saturated carbocycles. The van der Waals surface area contributed by atoms with E-state index in [1.54, 1.807) is 0 Å². The Labute approximate surface area is 122 Å². The van der Waals surface area contributed by atoms with Gasteiger partial charge in [-0.25, -0.2) is 0 Å². The van der Waals surface area contributed by atoms with E-state index < -0.39 is 9.28 Å². The predicted octanol–water partition coefficient (Wildman–Crippen LogP) is 3.57. The quantitative estimate of drug-likeness (QED) is 0.484. The number of nitrogens with zero attached hydrogens (tertiary/aromatic N) is 1. The van der Waals surface area contributed by atoms with Crippen molar-refractivity contribution in [2.45, 2.75) is 72.4 Å². The number of hydrogen-bond donors (Lipinski definition) is 0.